The van der Waals surface area contributed by atoms with E-state index in [-0.39, 0.29) is 35.3 Å². The molecule has 5 nitrogen and oxygen atoms in total. The van der Waals surface area contributed by atoms with Crippen molar-refractivity contribution in [2.24, 2.45) is 11.3 Å². The van der Waals surface area contributed by atoms with Gasteiger partial charge in [0.2, 0.25) is 11.8 Å². The minimum atomic E-state index is -0.951. The maximum Gasteiger partial charge on any atom is 0.242 e. The van der Waals surface area contributed by atoms with Crippen molar-refractivity contribution in [2.45, 2.75) is 38.5 Å². The number of carbonyl (C=O) groups is 2. The van der Waals surface area contributed by atoms with Gasteiger partial charge < -0.3 is 15.5 Å². The zero-order valence-corrected chi connectivity index (χ0v) is 14.2. The highest BCUT2D eigenvalue weighted by Crippen LogP contribution is 2.42. The summed E-state index contributed by atoms with van der Waals surface area (Å²) < 4.78 is 0. The van der Waals surface area contributed by atoms with E-state index in [0.29, 0.717) is 13.0 Å². The molecule has 0 aromatic rings. The molecule has 1 saturated heterocycles. The molecule has 0 bridgehead atoms. The molecule has 1 aliphatic carbocycles. The minimum absolute atomic E-state index is 0. The maximum atomic E-state index is 12.6. The van der Waals surface area contributed by atoms with Crippen LogP contribution in [0.3, 0.4) is 0 Å². The Hall–Kier alpha value is -0.720. The van der Waals surface area contributed by atoms with Gasteiger partial charge in [-0.2, -0.15) is 0 Å². The van der Waals surface area contributed by atoms with Gasteiger partial charge in [0.1, 0.15) is 5.41 Å². The topological polar surface area (TPSA) is 61.4 Å². The number of hydrogen-bond acceptors (Lipinski definition) is 4. The number of thiocarbonyl (C=S) groups is 1. The summed E-state index contributed by atoms with van der Waals surface area (Å²) in [5, 5.41) is 5.46. The van der Waals surface area contributed by atoms with E-state index in [2.05, 4.69) is 10.6 Å². The Morgan fingerprint density at radius 2 is 1.67 bits per heavy atom. The number of amides is 2. The van der Waals surface area contributed by atoms with Crippen LogP contribution in [0.2, 0.25) is 0 Å². The van der Waals surface area contributed by atoms with E-state index in [4.69, 9.17) is 12.2 Å². The Bertz CT molecular complexity index is 402. The molecular formula is C14H24ClN3O2S. The first-order valence-electron chi connectivity index (χ1n) is 7.28. The van der Waals surface area contributed by atoms with Gasteiger partial charge in [0.25, 0.3) is 0 Å². The lowest BCUT2D eigenvalue weighted by Crippen LogP contribution is -2.65. The third-order valence-corrected chi connectivity index (χ3v) is 4.72. The highest BCUT2D eigenvalue weighted by atomic mass is 35.5. The standard InChI is InChI=1S/C14H23N3O2S.ClH/c1-17(2)9-8-14(10-6-4-3-5-7-10)11(18)15-13(20)16-12(14)19;/h10H,3-9H2,1-2H3,(H2,15,16,18,19,20);1H. The molecule has 2 rings (SSSR count). The molecule has 0 unspecified atom stereocenters. The maximum absolute atomic E-state index is 12.6. The molecule has 0 spiro atoms. The van der Waals surface area contributed by atoms with E-state index < -0.39 is 5.41 Å². The predicted molar refractivity (Wildman–Crippen MR) is 88.3 cm³/mol. The number of halogens is 1. The normalized spacial score (nSPS) is 22.5. The molecule has 2 N–H and O–H groups in total. The lowest BCUT2D eigenvalue weighted by Gasteiger charge is -2.43. The van der Waals surface area contributed by atoms with Gasteiger partial charge in [-0.3, -0.25) is 9.59 Å². The molecule has 7 heteroatoms. The Morgan fingerprint density at radius 1 is 1.14 bits per heavy atom. The fraction of sp³-hybridized carbons (Fsp3) is 0.786. The van der Waals surface area contributed by atoms with Crippen LogP contribution in [-0.2, 0) is 9.59 Å². The Labute approximate surface area is 137 Å². The molecule has 2 amide bonds. The van der Waals surface area contributed by atoms with Gasteiger partial charge in [0.15, 0.2) is 5.11 Å². The average molecular weight is 334 g/mol. The van der Waals surface area contributed by atoms with Gasteiger partial charge in [0.05, 0.1) is 0 Å². The van der Waals surface area contributed by atoms with E-state index in [9.17, 15) is 9.59 Å². The molecule has 21 heavy (non-hydrogen) atoms. The summed E-state index contributed by atoms with van der Waals surface area (Å²) in [5.41, 5.74) is -0.951. The first kappa shape index (κ1) is 18.3. The molecule has 0 aromatic carbocycles. The molecule has 0 aromatic heterocycles. The van der Waals surface area contributed by atoms with E-state index >= 15 is 0 Å². The van der Waals surface area contributed by atoms with Crippen molar-refractivity contribution in [3.8, 4) is 0 Å². The van der Waals surface area contributed by atoms with Crippen LogP contribution in [0.25, 0.3) is 0 Å². The van der Waals surface area contributed by atoms with Crippen molar-refractivity contribution in [1.29, 1.82) is 0 Å². The second-order valence-electron chi connectivity index (χ2n) is 6.10. The van der Waals surface area contributed by atoms with Crippen LogP contribution >= 0.6 is 24.6 Å². The minimum Gasteiger partial charge on any atom is -0.309 e. The quantitative estimate of drug-likeness (QED) is 0.604. The van der Waals surface area contributed by atoms with Crippen LogP contribution in [-0.4, -0.2) is 42.5 Å². The van der Waals surface area contributed by atoms with Crippen LogP contribution in [0.15, 0.2) is 0 Å². The van der Waals surface area contributed by atoms with E-state index in [1.807, 2.05) is 19.0 Å². The fourth-order valence-corrected chi connectivity index (χ4v) is 3.55. The van der Waals surface area contributed by atoms with Crippen LogP contribution in [0.4, 0.5) is 0 Å². The van der Waals surface area contributed by atoms with Crippen molar-refractivity contribution in [1.82, 2.24) is 15.5 Å². The van der Waals surface area contributed by atoms with E-state index in [1.165, 1.54) is 6.42 Å². The summed E-state index contributed by atoms with van der Waals surface area (Å²) in [4.78, 5) is 27.2. The van der Waals surface area contributed by atoms with Crippen molar-refractivity contribution in [2.75, 3.05) is 20.6 Å². The number of rotatable bonds is 4. The number of nitrogens with zero attached hydrogens (tertiary/aromatic N) is 1. The summed E-state index contributed by atoms with van der Waals surface area (Å²) in [6.45, 7) is 0.712. The van der Waals surface area contributed by atoms with Gasteiger partial charge in [-0.05, 0) is 58.0 Å². The molecule has 0 radical (unpaired) electrons. The smallest absolute Gasteiger partial charge is 0.242 e. The van der Waals surface area contributed by atoms with E-state index in [0.717, 1.165) is 25.7 Å². The zero-order valence-electron chi connectivity index (χ0n) is 12.6. The van der Waals surface area contributed by atoms with Gasteiger partial charge >= 0.3 is 0 Å². The van der Waals surface area contributed by atoms with Crippen LogP contribution in [0.5, 0.6) is 0 Å². The van der Waals surface area contributed by atoms with Gasteiger partial charge in [-0.15, -0.1) is 12.4 Å². The van der Waals surface area contributed by atoms with Crippen molar-refractivity contribution >= 4 is 41.6 Å². The largest absolute Gasteiger partial charge is 0.309 e. The van der Waals surface area contributed by atoms with Gasteiger partial charge in [-0.25, -0.2) is 0 Å². The first-order valence-corrected chi connectivity index (χ1v) is 7.69. The van der Waals surface area contributed by atoms with Crippen LogP contribution in [0, 0.1) is 11.3 Å². The Morgan fingerprint density at radius 3 is 2.14 bits per heavy atom. The summed E-state index contributed by atoms with van der Waals surface area (Å²) in [6, 6.07) is 0. The van der Waals surface area contributed by atoms with Crippen molar-refractivity contribution in [3.63, 3.8) is 0 Å². The molecule has 0 atom stereocenters. The number of nitrogens with one attached hydrogen (secondary N) is 2. The Balaban J connectivity index is 0.00000220. The van der Waals surface area contributed by atoms with E-state index in [1.54, 1.807) is 0 Å². The summed E-state index contributed by atoms with van der Waals surface area (Å²) in [7, 11) is 3.91. The summed E-state index contributed by atoms with van der Waals surface area (Å²) in [6.07, 6.45) is 5.83. The monoisotopic (exact) mass is 333 g/mol. The Kier molecular flexibility index (Phi) is 6.56. The number of hydrogen-bond donors (Lipinski definition) is 2. The molecule has 120 valence electrons. The molecule has 1 saturated carbocycles. The number of carbonyl (C=O) groups excluding carboxylic acids is 2. The lowest BCUT2D eigenvalue weighted by molar-refractivity contribution is -0.149. The summed E-state index contributed by atoms with van der Waals surface area (Å²) >= 11 is 4.93. The second kappa shape index (κ2) is 7.51. The van der Waals surface area contributed by atoms with Gasteiger partial charge in [-0.1, -0.05) is 19.3 Å². The molecule has 1 heterocycles. The van der Waals surface area contributed by atoms with Crippen molar-refractivity contribution in [3.05, 3.63) is 0 Å². The average Bonchev–Trinajstić information content (AvgIpc) is 2.39. The second-order valence-corrected chi connectivity index (χ2v) is 6.51. The molecule has 2 fully saturated rings. The van der Waals surface area contributed by atoms with Gasteiger partial charge in [0, 0.05) is 0 Å². The lowest BCUT2D eigenvalue weighted by atomic mass is 9.65. The highest BCUT2D eigenvalue weighted by Gasteiger charge is 2.54. The third kappa shape index (κ3) is 3.73. The fourth-order valence-electron chi connectivity index (χ4n) is 3.36. The first-order chi connectivity index (χ1) is 9.46. The third-order valence-electron chi connectivity index (χ3n) is 4.52. The van der Waals surface area contributed by atoms with Crippen LogP contribution < -0.4 is 10.6 Å². The predicted octanol–water partition coefficient (Wildman–Crippen LogP) is 1.46. The molecular weight excluding hydrogens is 310 g/mol. The van der Waals surface area contributed by atoms with Crippen molar-refractivity contribution < 1.29 is 9.59 Å². The molecule has 2 aliphatic rings. The highest BCUT2D eigenvalue weighted by molar-refractivity contribution is 7.80. The summed E-state index contributed by atoms with van der Waals surface area (Å²) in [5.74, 6) is -0.292. The zero-order chi connectivity index (χ0) is 14.8. The van der Waals surface area contributed by atoms with Crippen LogP contribution in [0.1, 0.15) is 38.5 Å². The molecule has 1 aliphatic heterocycles. The SMILES string of the molecule is CN(C)CCC1(C2CCCCC2)C(=O)NC(=S)NC1=O.Cl.